The largest absolute Gasteiger partial charge is 0.726 e. The molecular formula is C17H18N2O6S. The molecule has 1 heterocycles. The number of para-hydroxylation sites is 2. The summed E-state index contributed by atoms with van der Waals surface area (Å²) < 4.78 is 33.1. The lowest BCUT2D eigenvalue weighted by Gasteiger charge is -2.10. The molecular weight excluding hydrogens is 360 g/mol. The summed E-state index contributed by atoms with van der Waals surface area (Å²) in [6, 6.07) is 16.0. The van der Waals surface area contributed by atoms with E-state index in [-0.39, 0.29) is 6.54 Å². The molecule has 0 bridgehead atoms. The van der Waals surface area contributed by atoms with Crippen molar-refractivity contribution in [1.29, 1.82) is 0 Å². The van der Waals surface area contributed by atoms with Crippen molar-refractivity contribution >= 4 is 43.9 Å². The lowest BCUT2D eigenvalue weighted by molar-refractivity contribution is -0.617. The lowest BCUT2D eigenvalue weighted by Crippen LogP contribution is -2.30. The number of nitrogens with zero attached hydrogens (tertiary/aromatic N) is 1. The highest BCUT2D eigenvalue weighted by atomic mass is 32.3. The van der Waals surface area contributed by atoms with Crippen LogP contribution in [0.5, 0.6) is 0 Å². The molecule has 0 spiro atoms. The number of carboxylic acids is 1. The van der Waals surface area contributed by atoms with E-state index in [0.29, 0.717) is 0 Å². The Hall–Kier alpha value is -2.75. The van der Waals surface area contributed by atoms with Gasteiger partial charge in [-0.1, -0.05) is 24.3 Å². The first-order chi connectivity index (χ1) is 12.2. The normalized spacial score (nSPS) is 11.0. The van der Waals surface area contributed by atoms with Crippen molar-refractivity contribution in [3.05, 3.63) is 48.5 Å². The maximum atomic E-state index is 10.8. The average molecular weight is 378 g/mol. The first kappa shape index (κ1) is 19.6. The highest BCUT2D eigenvalue weighted by molar-refractivity contribution is 7.80. The zero-order valence-corrected chi connectivity index (χ0v) is 15.0. The first-order valence-electron chi connectivity index (χ1n) is 7.51. The van der Waals surface area contributed by atoms with Gasteiger partial charge in [-0.25, -0.2) is 8.42 Å². The van der Waals surface area contributed by atoms with Crippen molar-refractivity contribution in [2.75, 3.05) is 19.0 Å². The quantitative estimate of drug-likeness (QED) is 0.305. The third-order valence-electron chi connectivity index (χ3n) is 3.69. The summed E-state index contributed by atoms with van der Waals surface area (Å²) in [4.78, 5) is 10.8. The minimum Gasteiger partial charge on any atom is -0.726 e. The van der Waals surface area contributed by atoms with Crippen LogP contribution in [0.2, 0.25) is 0 Å². The van der Waals surface area contributed by atoms with Crippen LogP contribution in [0.1, 0.15) is 0 Å². The lowest BCUT2D eigenvalue weighted by atomic mass is 10.1. The molecule has 1 aromatic heterocycles. The molecule has 0 amide bonds. The van der Waals surface area contributed by atoms with Crippen molar-refractivity contribution in [2.24, 2.45) is 7.05 Å². The summed E-state index contributed by atoms with van der Waals surface area (Å²) in [5, 5.41) is 14.0. The molecule has 0 saturated heterocycles. The van der Waals surface area contributed by atoms with Gasteiger partial charge < -0.3 is 15.0 Å². The van der Waals surface area contributed by atoms with Crippen LogP contribution in [0.4, 0.5) is 5.69 Å². The van der Waals surface area contributed by atoms with E-state index in [1.807, 2.05) is 55.6 Å². The van der Waals surface area contributed by atoms with Crippen LogP contribution in [0, 0.1) is 0 Å². The van der Waals surface area contributed by atoms with Gasteiger partial charge in [0.1, 0.15) is 13.6 Å². The van der Waals surface area contributed by atoms with Crippen molar-refractivity contribution in [3.63, 3.8) is 0 Å². The Morgan fingerprint density at radius 1 is 1.12 bits per heavy atom. The Bertz CT molecular complexity index is 993. The SMILES string of the molecule is COS(=O)(=O)[O-].C[n+]1c2ccccc2c(NCC(=O)O)c2ccccc21. The van der Waals surface area contributed by atoms with Gasteiger partial charge in [0.05, 0.1) is 23.6 Å². The third kappa shape index (κ3) is 4.66. The molecule has 3 rings (SSSR count). The highest BCUT2D eigenvalue weighted by Gasteiger charge is 2.17. The zero-order chi connectivity index (χ0) is 19.3. The number of anilines is 1. The predicted octanol–water partition coefficient (Wildman–Crippen LogP) is 1.41. The van der Waals surface area contributed by atoms with Crippen LogP contribution in [0.25, 0.3) is 21.8 Å². The molecule has 0 fully saturated rings. The highest BCUT2D eigenvalue weighted by Crippen LogP contribution is 2.29. The van der Waals surface area contributed by atoms with E-state index >= 15 is 0 Å². The molecule has 0 saturated carbocycles. The number of aromatic nitrogens is 1. The van der Waals surface area contributed by atoms with Crippen LogP contribution in [0.3, 0.4) is 0 Å². The number of carboxylic acid groups (broad SMARTS) is 1. The van der Waals surface area contributed by atoms with Crippen LogP contribution in [0.15, 0.2) is 48.5 Å². The maximum Gasteiger partial charge on any atom is 0.322 e. The Morgan fingerprint density at radius 3 is 1.92 bits per heavy atom. The van der Waals surface area contributed by atoms with Crippen molar-refractivity contribution in [2.45, 2.75) is 0 Å². The minimum atomic E-state index is -4.41. The number of benzene rings is 2. The Balaban J connectivity index is 0.000000352. The second kappa shape index (κ2) is 8.09. The number of hydrogen-bond acceptors (Lipinski definition) is 6. The molecule has 0 radical (unpaired) electrons. The molecule has 0 aliphatic rings. The molecule has 2 N–H and O–H groups in total. The number of carbonyl (C=O) groups is 1. The van der Waals surface area contributed by atoms with E-state index in [4.69, 9.17) is 5.11 Å². The predicted molar refractivity (Wildman–Crippen MR) is 95.5 cm³/mol. The summed E-state index contributed by atoms with van der Waals surface area (Å²) in [7, 11) is -1.58. The zero-order valence-electron chi connectivity index (χ0n) is 14.2. The fourth-order valence-corrected chi connectivity index (χ4v) is 2.58. The molecule has 3 aromatic rings. The van der Waals surface area contributed by atoms with Crippen molar-refractivity contribution in [3.8, 4) is 0 Å². The van der Waals surface area contributed by atoms with E-state index < -0.39 is 16.4 Å². The van der Waals surface area contributed by atoms with Crippen LogP contribution < -0.4 is 9.88 Å². The van der Waals surface area contributed by atoms with E-state index in [2.05, 4.69) is 14.1 Å². The standard InChI is InChI=1S/C16H14N2O2.CH4O4S/c1-18-13-8-4-2-6-11(13)16(17-10-15(19)20)12-7-3-5-9-14(12)18;1-5-6(2,3)4/h2-9H,10H2,1H3,(H,19,20);1H3,(H,2,3,4). The van der Waals surface area contributed by atoms with Gasteiger partial charge >= 0.3 is 5.97 Å². The summed E-state index contributed by atoms with van der Waals surface area (Å²) >= 11 is 0. The Labute approximate surface area is 150 Å². The second-order valence-corrected chi connectivity index (χ2v) is 6.44. The number of pyridine rings is 1. The molecule has 0 aliphatic carbocycles. The van der Waals surface area contributed by atoms with Crippen molar-refractivity contribution in [1.82, 2.24) is 0 Å². The van der Waals surface area contributed by atoms with Gasteiger partial charge in [-0.2, -0.15) is 4.57 Å². The number of aliphatic carboxylic acids is 1. The molecule has 26 heavy (non-hydrogen) atoms. The van der Waals surface area contributed by atoms with E-state index in [9.17, 15) is 17.8 Å². The van der Waals surface area contributed by atoms with Crippen LogP contribution in [-0.4, -0.2) is 37.7 Å². The van der Waals surface area contributed by atoms with Gasteiger partial charge in [0, 0.05) is 12.1 Å². The molecule has 2 aromatic carbocycles. The molecule has 9 heteroatoms. The number of nitrogens with one attached hydrogen (secondary N) is 1. The van der Waals surface area contributed by atoms with E-state index in [1.165, 1.54) is 0 Å². The summed E-state index contributed by atoms with van der Waals surface area (Å²) in [5.41, 5.74) is 3.01. The third-order valence-corrected chi connectivity index (χ3v) is 4.10. The number of hydrogen-bond donors (Lipinski definition) is 2. The Morgan fingerprint density at radius 2 is 1.54 bits per heavy atom. The first-order valence-corrected chi connectivity index (χ1v) is 8.84. The minimum absolute atomic E-state index is 0.0955. The van der Waals surface area contributed by atoms with Crippen LogP contribution >= 0.6 is 0 Å². The molecule has 0 unspecified atom stereocenters. The summed E-state index contributed by atoms with van der Waals surface area (Å²) in [6.45, 7) is -0.0955. The maximum absolute atomic E-state index is 10.8. The Kier molecular flexibility index (Phi) is 6.09. The second-order valence-electron chi connectivity index (χ2n) is 5.29. The fraction of sp³-hybridized carbons (Fsp3) is 0.176. The van der Waals surface area contributed by atoms with Gasteiger partial charge in [0.2, 0.25) is 21.4 Å². The van der Waals surface area contributed by atoms with Gasteiger partial charge in [-0.3, -0.25) is 8.98 Å². The van der Waals surface area contributed by atoms with E-state index in [0.717, 1.165) is 34.6 Å². The van der Waals surface area contributed by atoms with Gasteiger partial charge in [0.15, 0.2) is 0 Å². The van der Waals surface area contributed by atoms with Gasteiger partial charge in [-0.15, -0.1) is 0 Å². The molecule has 0 atom stereocenters. The van der Waals surface area contributed by atoms with Gasteiger partial charge in [-0.05, 0) is 12.1 Å². The van der Waals surface area contributed by atoms with E-state index in [1.54, 1.807) is 0 Å². The monoisotopic (exact) mass is 378 g/mol. The number of rotatable bonds is 4. The molecule has 0 aliphatic heterocycles. The smallest absolute Gasteiger partial charge is 0.322 e. The van der Waals surface area contributed by atoms with Gasteiger partial charge in [0.25, 0.3) is 0 Å². The van der Waals surface area contributed by atoms with Crippen molar-refractivity contribution < 1.29 is 31.6 Å². The summed E-state index contributed by atoms with van der Waals surface area (Å²) in [6.07, 6.45) is 0. The fourth-order valence-electron chi connectivity index (χ4n) is 2.58. The number of fused-ring (bicyclic) bond motifs is 2. The average Bonchev–Trinajstić information content (AvgIpc) is 2.61. The summed E-state index contributed by atoms with van der Waals surface area (Å²) in [5.74, 6) is -0.869. The van der Waals surface area contributed by atoms with Crippen LogP contribution in [-0.2, 0) is 26.4 Å². The topological polar surface area (TPSA) is 120 Å². The molecule has 138 valence electrons. The number of aryl methyl sites for hydroxylation is 1. The molecule has 8 nitrogen and oxygen atoms in total.